The quantitative estimate of drug-likeness (QED) is 0.387. The van der Waals surface area contributed by atoms with Crippen LogP contribution >= 0.6 is 0 Å². The number of aliphatic carboxylic acids is 1. The fourth-order valence-electron chi connectivity index (χ4n) is 5.25. The smallest absolute Gasteiger partial charge is 0.323 e. The predicted molar refractivity (Wildman–Crippen MR) is 145 cm³/mol. The Hall–Kier alpha value is -4.35. The van der Waals surface area contributed by atoms with E-state index >= 15 is 0 Å². The molecule has 1 heterocycles. The molecule has 2 atom stereocenters. The van der Waals surface area contributed by atoms with Crippen molar-refractivity contribution in [1.82, 2.24) is 15.1 Å². The highest BCUT2D eigenvalue weighted by molar-refractivity contribution is 5.98. The van der Waals surface area contributed by atoms with Crippen molar-refractivity contribution in [3.63, 3.8) is 0 Å². The minimum atomic E-state index is -1.33. The zero-order chi connectivity index (χ0) is 28.6. The normalized spacial score (nSPS) is 18.1. The van der Waals surface area contributed by atoms with E-state index in [2.05, 4.69) is 16.0 Å². The lowest BCUT2D eigenvalue weighted by Crippen LogP contribution is -2.58. The molecule has 12 heteroatoms. The fraction of sp³-hybridized carbons (Fsp3) is 0.429. The number of carbonyl (C=O) groups excluding carboxylic acids is 3. The first-order valence-electron chi connectivity index (χ1n) is 13.3. The molecule has 4 rings (SSSR count). The van der Waals surface area contributed by atoms with Crippen molar-refractivity contribution in [1.29, 1.82) is 0 Å². The second-order valence-electron chi connectivity index (χ2n) is 9.97. The van der Waals surface area contributed by atoms with Gasteiger partial charge < -0.3 is 25.8 Å². The number of hydrogen-bond acceptors (Lipinski definition) is 5. The number of anilines is 2. The Morgan fingerprint density at radius 1 is 0.900 bits per heavy atom. The summed E-state index contributed by atoms with van der Waals surface area (Å²) in [5, 5.41) is 17.8. The van der Waals surface area contributed by atoms with E-state index in [4.69, 9.17) is 4.74 Å². The number of halogens is 1. The summed E-state index contributed by atoms with van der Waals surface area (Å²) in [6.07, 6.45) is 2.94. The largest absolute Gasteiger partial charge is 0.497 e. The van der Waals surface area contributed by atoms with Crippen LogP contribution in [0.1, 0.15) is 38.5 Å². The number of nitrogens with one attached hydrogen (secondary N) is 3. The van der Waals surface area contributed by atoms with Crippen LogP contribution in [0, 0.1) is 11.7 Å². The number of rotatable bonds is 8. The van der Waals surface area contributed by atoms with Crippen molar-refractivity contribution in [3.05, 3.63) is 54.3 Å². The molecule has 0 bridgehead atoms. The van der Waals surface area contributed by atoms with Gasteiger partial charge in [-0.3, -0.25) is 19.4 Å². The van der Waals surface area contributed by atoms with E-state index in [0.29, 0.717) is 17.1 Å². The number of urea groups is 2. The van der Waals surface area contributed by atoms with Crippen molar-refractivity contribution in [2.75, 3.05) is 30.8 Å². The number of methoxy groups -OCH3 is 1. The van der Waals surface area contributed by atoms with Crippen LogP contribution < -0.4 is 20.7 Å². The maximum Gasteiger partial charge on any atom is 0.323 e. The SMILES string of the molecule is COc1ccc(NC(=O)N2CCN(C(=O)Nc3ccc(F)cc3)C2C(=O)NC(CC(=O)O)C2CCCCC2)cc1. The molecule has 40 heavy (non-hydrogen) atoms. The molecule has 1 aliphatic carbocycles. The monoisotopic (exact) mass is 555 g/mol. The summed E-state index contributed by atoms with van der Waals surface area (Å²) < 4.78 is 18.5. The third-order valence-electron chi connectivity index (χ3n) is 7.31. The molecule has 4 N–H and O–H groups in total. The van der Waals surface area contributed by atoms with E-state index < -0.39 is 42.0 Å². The highest BCUT2D eigenvalue weighted by atomic mass is 19.1. The number of nitrogens with zero attached hydrogens (tertiary/aromatic N) is 2. The lowest BCUT2D eigenvalue weighted by atomic mass is 9.82. The van der Waals surface area contributed by atoms with Crippen LogP contribution in [0.15, 0.2) is 48.5 Å². The molecule has 2 aliphatic rings. The number of hydrogen-bond donors (Lipinski definition) is 4. The van der Waals surface area contributed by atoms with Crippen molar-refractivity contribution in [3.8, 4) is 5.75 Å². The Kier molecular flexibility index (Phi) is 9.41. The molecule has 214 valence electrons. The molecule has 11 nitrogen and oxygen atoms in total. The number of carboxylic acids is 1. The summed E-state index contributed by atoms with van der Waals surface area (Å²) in [5.41, 5.74) is 0.780. The molecule has 2 aromatic rings. The second kappa shape index (κ2) is 13.1. The van der Waals surface area contributed by atoms with Crippen molar-refractivity contribution < 1.29 is 33.4 Å². The Morgan fingerprint density at radius 2 is 1.43 bits per heavy atom. The van der Waals surface area contributed by atoms with Gasteiger partial charge in [-0.15, -0.1) is 0 Å². The Bertz CT molecular complexity index is 1200. The molecule has 1 saturated carbocycles. The summed E-state index contributed by atoms with van der Waals surface area (Å²) in [4.78, 5) is 54.4. The first kappa shape index (κ1) is 28.7. The molecule has 1 aliphatic heterocycles. The first-order chi connectivity index (χ1) is 19.2. The van der Waals surface area contributed by atoms with Gasteiger partial charge in [0.25, 0.3) is 5.91 Å². The first-order valence-corrected chi connectivity index (χ1v) is 13.3. The number of carbonyl (C=O) groups is 4. The van der Waals surface area contributed by atoms with Crippen molar-refractivity contribution in [2.45, 2.75) is 50.7 Å². The van der Waals surface area contributed by atoms with Crippen LogP contribution in [0.3, 0.4) is 0 Å². The number of amides is 5. The topological polar surface area (TPSA) is 140 Å². The molecule has 2 unspecified atom stereocenters. The van der Waals surface area contributed by atoms with E-state index in [1.165, 1.54) is 41.2 Å². The maximum atomic E-state index is 13.7. The van der Waals surface area contributed by atoms with E-state index in [1.807, 2.05) is 0 Å². The maximum absolute atomic E-state index is 13.7. The van der Waals surface area contributed by atoms with Crippen LogP contribution in [0.5, 0.6) is 5.75 Å². The average Bonchev–Trinajstić information content (AvgIpc) is 3.40. The Morgan fingerprint density at radius 3 is 1.93 bits per heavy atom. The Labute approximate surface area is 231 Å². The fourth-order valence-corrected chi connectivity index (χ4v) is 5.25. The highest BCUT2D eigenvalue weighted by Gasteiger charge is 2.44. The average molecular weight is 556 g/mol. The second-order valence-corrected chi connectivity index (χ2v) is 9.97. The number of carboxylic acid groups (broad SMARTS) is 1. The van der Waals surface area contributed by atoms with Crippen LogP contribution in [-0.2, 0) is 9.59 Å². The molecule has 1 saturated heterocycles. The van der Waals surface area contributed by atoms with E-state index in [0.717, 1.165) is 32.1 Å². The van der Waals surface area contributed by atoms with Crippen LogP contribution in [0.4, 0.5) is 25.4 Å². The third-order valence-corrected chi connectivity index (χ3v) is 7.31. The van der Waals surface area contributed by atoms with Crippen LogP contribution in [0.25, 0.3) is 0 Å². The summed E-state index contributed by atoms with van der Waals surface area (Å²) in [5.74, 6) is -1.56. The van der Waals surface area contributed by atoms with E-state index in [1.54, 1.807) is 24.3 Å². The highest BCUT2D eigenvalue weighted by Crippen LogP contribution is 2.29. The van der Waals surface area contributed by atoms with Gasteiger partial charge >= 0.3 is 18.0 Å². The van der Waals surface area contributed by atoms with Gasteiger partial charge in [-0.2, -0.15) is 0 Å². The van der Waals surface area contributed by atoms with Gasteiger partial charge in [-0.05, 0) is 67.3 Å². The van der Waals surface area contributed by atoms with Crippen LogP contribution in [-0.4, -0.2) is 71.3 Å². The lowest BCUT2D eigenvalue weighted by molar-refractivity contribution is -0.138. The van der Waals surface area contributed by atoms with Gasteiger partial charge in [0.05, 0.1) is 13.5 Å². The Balaban J connectivity index is 1.56. The number of benzene rings is 2. The zero-order valence-electron chi connectivity index (χ0n) is 22.3. The van der Waals surface area contributed by atoms with Gasteiger partial charge in [-0.25, -0.2) is 14.0 Å². The van der Waals surface area contributed by atoms with E-state index in [9.17, 15) is 28.7 Å². The van der Waals surface area contributed by atoms with Gasteiger partial charge in [0.1, 0.15) is 11.6 Å². The molecule has 5 amide bonds. The standard InChI is InChI=1S/C28H34FN5O6/c1-40-22-13-11-21(12-14-22)31-28(39)34-16-15-33(27(38)30-20-9-7-19(29)8-10-20)26(34)25(37)32-23(17-24(35)36)18-5-3-2-4-6-18/h7-14,18,23,26H,2-6,15-17H2,1H3,(H,30,38)(H,31,39)(H,32,37)(H,35,36). The van der Waals surface area contributed by atoms with E-state index in [-0.39, 0.29) is 25.4 Å². The third kappa shape index (κ3) is 7.19. The molecular weight excluding hydrogens is 521 g/mol. The molecule has 2 aromatic carbocycles. The van der Waals surface area contributed by atoms with Gasteiger partial charge in [0.15, 0.2) is 6.17 Å². The minimum Gasteiger partial charge on any atom is -0.497 e. The lowest BCUT2D eigenvalue weighted by Gasteiger charge is -2.34. The number of ether oxygens (including phenoxy) is 1. The summed E-state index contributed by atoms with van der Waals surface area (Å²) in [6, 6.07) is 9.91. The van der Waals surface area contributed by atoms with Gasteiger partial charge in [0, 0.05) is 30.5 Å². The van der Waals surface area contributed by atoms with Crippen LogP contribution in [0.2, 0.25) is 0 Å². The van der Waals surface area contributed by atoms with Gasteiger partial charge in [0.2, 0.25) is 0 Å². The predicted octanol–water partition coefficient (Wildman–Crippen LogP) is 4.08. The molecule has 0 radical (unpaired) electrons. The summed E-state index contributed by atoms with van der Waals surface area (Å²) in [7, 11) is 1.53. The summed E-state index contributed by atoms with van der Waals surface area (Å²) in [6.45, 7) is 0.109. The molecular formula is C28H34FN5O6. The summed E-state index contributed by atoms with van der Waals surface area (Å²) >= 11 is 0. The van der Waals surface area contributed by atoms with Crippen molar-refractivity contribution >= 4 is 35.3 Å². The molecule has 0 aromatic heterocycles. The van der Waals surface area contributed by atoms with Crippen molar-refractivity contribution in [2.24, 2.45) is 5.92 Å². The molecule has 2 fully saturated rings. The van der Waals surface area contributed by atoms with Gasteiger partial charge in [-0.1, -0.05) is 19.3 Å². The molecule has 0 spiro atoms. The minimum absolute atomic E-state index is 0.0155. The zero-order valence-corrected chi connectivity index (χ0v) is 22.3.